The van der Waals surface area contributed by atoms with Crippen molar-refractivity contribution in [1.82, 2.24) is 0 Å². The quantitative estimate of drug-likeness (QED) is 0.484. The summed E-state index contributed by atoms with van der Waals surface area (Å²) < 4.78 is 0. The summed E-state index contributed by atoms with van der Waals surface area (Å²) in [7, 11) is 0. The average Bonchev–Trinajstić information content (AvgIpc) is 2.56. The van der Waals surface area contributed by atoms with Crippen LogP contribution >= 0.6 is 0 Å². The van der Waals surface area contributed by atoms with Crippen LogP contribution in [0.4, 0.5) is 0 Å². The van der Waals surface area contributed by atoms with E-state index in [9.17, 15) is 0 Å². The summed E-state index contributed by atoms with van der Waals surface area (Å²) in [4.78, 5) is 0. The third kappa shape index (κ3) is 3.85. The van der Waals surface area contributed by atoms with Crippen molar-refractivity contribution >= 4 is 0 Å². The Balaban J connectivity index is 2.10. The molecule has 0 N–H and O–H groups in total. The fourth-order valence-corrected chi connectivity index (χ4v) is 6.04. The lowest BCUT2D eigenvalue weighted by Crippen LogP contribution is -2.41. The fourth-order valence-electron chi connectivity index (χ4n) is 6.04. The molecule has 0 nitrogen and oxygen atoms in total. The van der Waals surface area contributed by atoms with Crippen molar-refractivity contribution < 1.29 is 0 Å². The summed E-state index contributed by atoms with van der Waals surface area (Å²) in [5.41, 5.74) is 0.603. The first-order valence-corrected chi connectivity index (χ1v) is 10.1. The number of hydrogen-bond acceptors (Lipinski definition) is 0. The van der Waals surface area contributed by atoms with E-state index in [1.807, 2.05) is 0 Å². The second-order valence-corrected chi connectivity index (χ2v) is 8.47. The maximum Gasteiger partial charge on any atom is -0.0269 e. The summed E-state index contributed by atoms with van der Waals surface area (Å²) in [6.45, 7) is 10.2. The van der Waals surface area contributed by atoms with Crippen molar-refractivity contribution in [3.63, 3.8) is 0 Å². The van der Waals surface area contributed by atoms with Gasteiger partial charge in [-0.25, -0.2) is 0 Å². The maximum absolute atomic E-state index is 2.66. The Morgan fingerprint density at radius 1 is 0.857 bits per heavy atom. The molecule has 21 heavy (non-hydrogen) atoms. The molecule has 3 unspecified atom stereocenters. The van der Waals surface area contributed by atoms with Crippen LogP contribution in [0.5, 0.6) is 0 Å². The third-order valence-electron chi connectivity index (χ3n) is 7.61. The van der Waals surface area contributed by atoms with Crippen molar-refractivity contribution in [2.75, 3.05) is 0 Å². The van der Waals surface area contributed by atoms with Gasteiger partial charge in [-0.15, -0.1) is 0 Å². The van der Waals surface area contributed by atoms with Crippen LogP contribution in [0.15, 0.2) is 0 Å². The molecule has 0 amide bonds. The molecule has 0 radical (unpaired) electrons. The van der Waals surface area contributed by atoms with E-state index in [4.69, 9.17) is 0 Å². The Morgan fingerprint density at radius 2 is 1.38 bits per heavy atom. The average molecular weight is 293 g/mol. The molecule has 0 aromatic heterocycles. The van der Waals surface area contributed by atoms with Gasteiger partial charge in [0, 0.05) is 0 Å². The lowest BCUT2D eigenvalue weighted by Gasteiger charge is -2.49. The van der Waals surface area contributed by atoms with Crippen LogP contribution in [-0.2, 0) is 0 Å². The summed E-state index contributed by atoms with van der Waals surface area (Å²) in [5, 5.41) is 0. The zero-order chi connectivity index (χ0) is 15.3. The van der Waals surface area contributed by atoms with E-state index in [1.54, 1.807) is 0 Å². The second kappa shape index (κ2) is 8.02. The van der Waals surface area contributed by atoms with Gasteiger partial charge < -0.3 is 0 Å². The molecule has 2 aliphatic carbocycles. The monoisotopic (exact) mass is 292 g/mol. The molecule has 2 saturated carbocycles. The van der Waals surface area contributed by atoms with Crippen LogP contribution in [0.1, 0.15) is 105 Å². The highest BCUT2D eigenvalue weighted by atomic mass is 14.5. The minimum atomic E-state index is 0.603. The van der Waals surface area contributed by atoms with Crippen LogP contribution in [0.25, 0.3) is 0 Å². The molecule has 0 bridgehead atoms. The molecule has 2 fully saturated rings. The van der Waals surface area contributed by atoms with Crippen molar-refractivity contribution in [1.29, 1.82) is 0 Å². The smallest absolute Gasteiger partial charge is 0.0269 e. The van der Waals surface area contributed by atoms with Gasteiger partial charge in [-0.05, 0) is 41.9 Å². The highest BCUT2D eigenvalue weighted by Crippen LogP contribution is 2.52. The first-order valence-electron chi connectivity index (χ1n) is 10.1. The molecule has 0 heteroatoms. The van der Waals surface area contributed by atoms with Gasteiger partial charge in [-0.2, -0.15) is 0 Å². The molecule has 3 atom stereocenters. The standard InChI is InChI=1S/C21H40/c1-5-20(17(3)18-13-9-7-10-14-18)21(4,6-2)19-15-11-8-12-16-19/h17-20H,5-16H2,1-4H3. The predicted molar refractivity (Wildman–Crippen MR) is 94.5 cm³/mol. The van der Waals surface area contributed by atoms with Crippen molar-refractivity contribution in [2.24, 2.45) is 29.1 Å². The third-order valence-corrected chi connectivity index (χ3v) is 7.61. The second-order valence-electron chi connectivity index (χ2n) is 8.47. The Morgan fingerprint density at radius 3 is 1.86 bits per heavy atom. The largest absolute Gasteiger partial charge is 0.0651 e. The van der Waals surface area contributed by atoms with Crippen molar-refractivity contribution in [2.45, 2.75) is 105 Å². The molecule has 0 heterocycles. The van der Waals surface area contributed by atoms with Gasteiger partial charge in [0.25, 0.3) is 0 Å². The van der Waals surface area contributed by atoms with Gasteiger partial charge in [-0.3, -0.25) is 0 Å². The van der Waals surface area contributed by atoms with E-state index in [2.05, 4.69) is 27.7 Å². The highest BCUT2D eigenvalue weighted by molar-refractivity contribution is 4.92. The first-order chi connectivity index (χ1) is 10.1. The van der Waals surface area contributed by atoms with E-state index >= 15 is 0 Å². The lowest BCUT2D eigenvalue weighted by molar-refractivity contribution is 0.00206. The highest BCUT2D eigenvalue weighted by Gasteiger charge is 2.43. The van der Waals surface area contributed by atoms with E-state index in [1.165, 1.54) is 77.0 Å². The summed E-state index contributed by atoms with van der Waals surface area (Å²) in [5.74, 6) is 3.93. The van der Waals surface area contributed by atoms with E-state index in [0.29, 0.717) is 5.41 Å². The van der Waals surface area contributed by atoms with Crippen LogP contribution in [0.3, 0.4) is 0 Å². The molecule has 2 rings (SSSR count). The normalized spacial score (nSPS) is 28.0. The Labute approximate surface area is 134 Å². The van der Waals surface area contributed by atoms with Crippen molar-refractivity contribution in [3.05, 3.63) is 0 Å². The Bertz CT molecular complexity index is 282. The topological polar surface area (TPSA) is 0 Å². The van der Waals surface area contributed by atoms with Crippen LogP contribution in [0.2, 0.25) is 0 Å². The maximum atomic E-state index is 2.66. The summed E-state index contributed by atoms with van der Waals surface area (Å²) >= 11 is 0. The number of hydrogen-bond donors (Lipinski definition) is 0. The van der Waals surface area contributed by atoms with Gasteiger partial charge in [0.2, 0.25) is 0 Å². The molecule has 124 valence electrons. The van der Waals surface area contributed by atoms with E-state index < -0.39 is 0 Å². The Hall–Kier alpha value is 0. The van der Waals surface area contributed by atoms with Crippen LogP contribution in [-0.4, -0.2) is 0 Å². The van der Waals surface area contributed by atoms with E-state index in [0.717, 1.165) is 23.7 Å². The minimum absolute atomic E-state index is 0.603. The summed E-state index contributed by atoms with van der Waals surface area (Å²) in [6.07, 6.45) is 17.8. The van der Waals surface area contributed by atoms with Gasteiger partial charge in [0.05, 0.1) is 0 Å². The van der Waals surface area contributed by atoms with Gasteiger partial charge >= 0.3 is 0 Å². The first kappa shape index (κ1) is 17.4. The van der Waals surface area contributed by atoms with Crippen molar-refractivity contribution in [3.8, 4) is 0 Å². The van der Waals surface area contributed by atoms with Gasteiger partial charge in [0.15, 0.2) is 0 Å². The predicted octanol–water partition coefficient (Wildman–Crippen LogP) is 7.23. The molecular formula is C21H40. The Kier molecular flexibility index (Phi) is 6.63. The zero-order valence-corrected chi connectivity index (χ0v) is 15.3. The van der Waals surface area contributed by atoms with Crippen LogP contribution in [0, 0.1) is 29.1 Å². The number of rotatable bonds is 6. The summed E-state index contributed by atoms with van der Waals surface area (Å²) in [6, 6.07) is 0. The minimum Gasteiger partial charge on any atom is -0.0651 e. The SMILES string of the molecule is CCC(C(C)C1CCCCC1)C(C)(CC)C1CCCCC1. The van der Waals surface area contributed by atoms with E-state index in [-0.39, 0.29) is 0 Å². The fraction of sp³-hybridized carbons (Fsp3) is 1.00. The van der Waals surface area contributed by atoms with Gasteiger partial charge in [-0.1, -0.05) is 91.9 Å². The van der Waals surface area contributed by atoms with Crippen LogP contribution < -0.4 is 0 Å². The lowest BCUT2D eigenvalue weighted by atomic mass is 9.56. The molecule has 0 aromatic carbocycles. The van der Waals surface area contributed by atoms with Gasteiger partial charge in [0.1, 0.15) is 0 Å². The molecule has 0 aliphatic heterocycles. The molecule has 0 spiro atoms. The molecule has 0 saturated heterocycles. The molecule has 0 aromatic rings. The molecular weight excluding hydrogens is 252 g/mol. The zero-order valence-electron chi connectivity index (χ0n) is 15.3. The molecule has 2 aliphatic rings.